The fraction of sp³-hybridized carbons (Fsp3) is 0.909. The summed E-state index contributed by atoms with van der Waals surface area (Å²) in [6.07, 6.45) is 2.57. The molecule has 0 aromatic heterocycles. The smallest absolute Gasteiger partial charge is 0.307 e. The van der Waals surface area contributed by atoms with Crippen LogP contribution in [0, 0.1) is 0 Å². The second-order valence-corrected chi connectivity index (χ2v) is 4.74. The summed E-state index contributed by atoms with van der Waals surface area (Å²) in [6, 6.07) is 0.732. The number of thioether (sulfide) groups is 1. The van der Waals surface area contributed by atoms with Gasteiger partial charge in [-0.05, 0) is 34.1 Å². The molecule has 0 saturated heterocycles. The Hall–Kier alpha value is -0.220. The Bertz CT molecular complexity index is 187. The number of carbonyl (C=O) groups is 1. The topological polar surface area (TPSA) is 29.5 Å². The van der Waals surface area contributed by atoms with E-state index in [-0.39, 0.29) is 12.0 Å². The summed E-state index contributed by atoms with van der Waals surface area (Å²) in [5.41, 5.74) is 0. The quantitative estimate of drug-likeness (QED) is 0.629. The fourth-order valence-corrected chi connectivity index (χ4v) is 2.12. The van der Waals surface area contributed by atoms with Crippen molar-refractivity contribution in [3.8, 4) is 0 Å². The van der Waals surface area contributed by atoms with Gasteiger partial charge in [0.1, 0.15) is 0 Å². The molecule has 0 N–H and O–H groups in total. The molecule has 0 spiro atoms. The van der Waals surface area contributed by atoms with Gasteiger partial charge in [-0.3, -0.25) is 9.69 Å². The number of esters is 1. The summed E-state index contributed by atoms with van der Waals surface area (Å²) in [6.45, 7) is 6.55. The molecule has 0 fully saturated rings. The molecule has 2 unspecified atom stereocenters. The lowest BCUT2D eigenvalue weighted by molar-refractivity contribution is -0.144. The summed E-state index contributed by atoms with van der Waals surface area (Å²) < 4.78 is 4.93. The molecule has 90 valence electrons. The van der Waals surface area contributed by atoms with Crippen molar-refractivity contribution in [3.63, 3.8) is 0 Å². The molecular weight excluding hydrogens is 210 g/mol. The Labute approximate surface area is 97.5 Å². The Morgan fingerprint density at radius 3 is 2.47 bits per heavy atom. The molecule has 4 heteroatoms. The van der Waals surface area contributed by atoms with E-state index in [9.17, 15) is 4.79 Å². The molecule has 0 aliphatic rings. The zero-order valence-electron chi connectivity index (χ0n) is 10.4. The molecule has 0 aromatic carbocycles. The average Bonchev–Trinajstić information content (AvgIpc) is 2.17. The Balaban J connectivity index is 3.96. The maximum absolute atomic E-state index is 11.3. The maximum atomic E-state index is 11.3. The molecule has 0 heterocycles. The highest BCUT2D eigenvalue weighted by molar-refractivity contribution is 7.98. The second-order valence-electron chi connectivity index (χ2n) is 3.83. The van der Waals surface area contributed by atoms with E-state index in [1.807, 2.05) is 18.7 Å². The summed E-state index contributed by atoms with van der Waals surface area (Å²) in [5.74, 6) is 0.983. The van der Waals surface area contributed by atoms with Crippen LogP contribution < -0.4 is 0 Å². The van der Waals surface area contributed by atoms with Gasteiger partial charge in [0.25, 0.3) is 0 Å². The average molecular weight is 233 g/mol. The molecule has 0 bridgehead atoms. The lowest BCUT2D eigenvalue weighted by atomic mass is 10.2. The summed E-state index contributed by atoms with van der Waals surface area (Å²) in [7, 11) is 2.06. The molecule has 3 nitrogen and oxygen atoms in total. The van der Waals surface area contributed by atoms with Crippen LogP contribution in [0.3, 0.4) is 0 Å². The predicted molar refractivity (Wildman–Crippen MR) is 66.3 cm³/mol. The van der Waals surface area contributed by atoms with Crippen molar-refractivity contribution in [2.45, 2.75) is 39.3 Å². The van der Waals surface area contributed by atoms with Crippen molar-refractivity contribution < 1.29 is 9.53 Å². The first-order valence-corrected chi connectivity index (χ1v) is 6.78. The lowest BCUT2D eigenvalue weighted by Gasteiger charge is -2.29. The minimum Gasteiger partial charge on any atom is -0.466 e. The summed E-state index contributed by atoms with van der Waals surface area (Å²) >= 11 is 1.83. The van der Waals surface area contributed by atoms with Gasteiger partial charge in [-0.25, -0.2) is 0 Å². The van der Waals surface area contributed by atoms with Gasteiger partial charge in [0.2, 0.25) is 0 Å². The van der Waals surface area contributed by atoms with Crippen molar-refractivity contribution in [2.24, 2.45) is 0 Å². The highest BCUT2D eigenvalue weighted by Crippen LogP contribution is 2.10. The summed E-state index contributed by atoms with van der Waals surface area (Å²) in [5, 5.41) is 0. The fourth-order valence-electron chi connectivity index (χ4n) is 1.40. The number of nitrogens with zero attached hydrogens (tertiary/aromatic N) is 1. The van der Waals surface area contributed by atoms with Crippen LogP contribution in [0.25, 0.3) is 0 Å². The number of carbonyl (C=O) groups excluding carboxylic acids is 1. The van der Waals surface area contributed by atoms with E-state index in [2.05, 4.69) is 32.1 Å². The van der Waals surface area contributed by atoms with Gasteiger partial charge in [0.05, 0.1) is 13.0 Å². The lowest BCUT2D eigenvalue weighted by Crippen LogP contribution is -2.39. The van der Waals surface area contributed by atoms with Gasteiger partial charge in [-0.15, -0.1) is 0 Å². The Morgan fingerprint density at radius 2 is 2.00 bits per heavy atom. The van der Waals surface area contributed by atoms with E-state index in [0.717, 1.165) is 5.75 Å². The van der Waals surface area contributed by atoms with Gasteiger partial charge in [-0.2, -0.15) is 11.8 Å². The number of ether oxygens (including phenoxy) is 1. The second kappa shape index (κ2) is 7.99. The van der Waals surface area contributed by atoms with Crippen LogP contribution >= 0.6 is 11.8 Å². The molecule has 0 aliphatic heterocycles. The largest absolute Gasteiger partial charge is 0.466 e. The minimum atomic E-state index is -0.104. The molecule has 0 amide bonds. The van der Waals surface area contributed by atoms with E-state index >= 15 is 0 Å². The van der Waals surface area contributed by atoms with Crippen LogP contribution in [0.5, 0.6) is 0 Å². The van der Waals surface area contributed by atoms with Gasteiger partial charge >= 0.3 is 5.97 Å². The van der Waals surface area contributed by atoms with Gasteiger partial charge in [0.15, 0.2) is 0 Å². The van der Waals surface area contributed by atoms with Crippen molar-refractivity contribution in [1.29, 1.82) is 0 Å². The molecule has 0 aromatic rings. The highest BCUT2D eigenvalue weighted by atomic mass is 32.2. The monoisotopic (exact) mass is 233 g/mol. The van der Waals surface area contributed by atoms with Crippen LogP contribution in [0.4, 0.5) is 0 Å². The number of hydrogen-bond donors (Lipinski definition) is 0. The zero-order valence-corrected chi connectivity index (χ0v) is 11.3. The molecule has 0 aliphatic carbocycles. The van der Waals surface area contributed by atoms with Gasteiger partial charge in [0, 0.05) is 17.8 Å². The molecular formula is C11H23NO2S. The predicted octanol–water partition coefficient (Wildman–Crippen LogP) is 2.01. The number of rotatable bonds is 7. The van der Waals surface area contributed by atoms with Crippen molar-refractivity contribution in [2.75, 3.05) is 25.7 Å². The van der Waals surface area contributed by atoms with Crippen LogP contribution in [0.1, 0.15) is 27.2 Å². The first-order chi connectivity index (χ1) is 7.02. The van der Waals surface area contributed by atoms with Crippen LogP contribution in [-0.2, 0) is 9.53 Å². The van der Waals surface area contributed by atoms with Crippen LogP contribution in [-0.4, -0.2) is 48.6 Å². The van der Waals surface area contributed by atoms with Gasteiger partial charge < -0.3 is 4.74 Å². The van der Waals surface area contributed by atoms with Crippen molar-refractivity contribution in [3.05, 3.63) is 0 Å². The van der Waals surface area contributed by atoms with Crippen molar-refractivity contribution in [1.82, 2.24) is 4.90 Å². The third-order valence-corrected chi connectivity index (χ3v) is 3.38. The molecule has 2 atom stereocenters. The van der Waals surface area contributed by atoms with Crippen LogP contribution in [0.15, 0.2) is 0 Å². The molecule has 0 saturated carbocycles. The van der Waals surface area contributed by atoms with E-state index in [1.165, 1.54) is 0 Å². The summed E-state index contributed by atoms with van der Waals surface area (Å²) in [4.78, 5) is 13.5. The normalized spacial score (nSPS) is 15.1. The number of hydrogen-bond acceptors (Lipinski definition) is 4. The highest BCUT2D eigenvalue weighted by Gasteiger charge is 2.18. The van der Waals surface area contributed by atoms with E-state index in [0.29, 0.717) is 19.1 Å². The Kier molecular flexibility index (Phi) is 7.88. The third kappa shape index (κ3) is 6.05. The molecule has 0 radical (unpaired) electrons. The van der Waals surface area contributed by atoms with E-state index in [4.69, 9.17) is 4.74 Å². The van der Waals surface area contributed by atoms with Crippen molar-refractivity contribution >= 4 is 17.7 Å². The van der Waals surface area contributed by atoms with Crippen LogP contribution in [0.2, 0.25) is 0 Å². The Morgan fingerprint density at radius 1 is 1.40 bits per heavy atom. The molecule has 0 rings (SSSR count). The SMILES string of the molecule is CCOC(=O)CC(C)N(C)C(C)CSC. The van der Waals surface area contributed by atoms with E-state index in [1.54, 1.807) is 0 Å². The molecule has 15 heavy (non-hydrogen) atoms. The first kappa shape index (κ1) is 14.8. The van der Waals surface area contributed by atoms with E-state index < -0.39 is 0 Å². The maximum Gasteiger partial charge on any atom is 0.307 e. The van der Waals surface area contributed by atoms with Gasteiger partial charge in [-0.1, -0.05) is 0 Å². The zero-order chi connectivity index (χ0) is 11.8. The third-order valence-electron chi connectivity index (χ3n) is 2.57. The first-order valence-electron chi connectivity index (χ1n) is 5.39. The standard InChI is InChI=1S/C11H23NO2S/c1-6-14-11(13)7-9(2)12(4)10(3)8-15-5/h9-10H,6-8H2,1-5H3. The minimum absolute atomic E-state index is 0.104.